The van der Waals surface area contributed by atoms with Gasteiger partial charge < -0.3 is 25.5 Å². The molecule has 1 spiro atoms. The highest BCUT2D eigenvalue weighted by Gasteiger charge is 2.75. The summed E-state index contributed by atoms with van der Waals surface area (Å²) in [6.45, 7) is 8.97. The van der Waals surface area contributed by atoms with Crippen LogP contribution < -0.4 is 15.5 Å². The summed E-state index contributed by atoms with van der Waals surface area (Å²) in [5.41, 5.74) is 2.79. The molecule has 9 heteroatoms. The van der Waals surface area contributed by atoms with Gasteiger partial charge in [0.15, 0.2) is 0 Å². The average molecular weight is 579 g/mol. The van der Waals surface area contributed by atoms with Gasteiger partial charge in [0.2, 0.25) is 17.7 Å². The minimum atomic E-state index is -0.682. The van der Waals surface area contributed by atoms with Gasteiger partial charge in [-0.2, -0.15) is 0 Å². The first-order valence-electron chi connectivity index (χ1n) is 14.9. The van der Waals surface area contributed by atoms with Crippen LogP contribution in [0.4, 0.5) is 11.4 Å². The van der Waals surface area contributed by atoms with E-state index in [9.17, 15) is 19.5 Å². The molecule has 2 aromatic carbocycles. The van der Waals surface area contributed by atoms with E-state index in [1.165, 1.54) is 0 Å². The standard InChI is InChI=1S/C32H42N4O4S/c1-4-35(5-2)24-15-13-23(14-16-24)34-30(39)28-32-21(3)19-25(41-32)26(27(32)31(40)36(28)17-9-10-18-37)29(38)33-20-22-11-7-6-8-12-22/h6-8,11-16,21,25-28,37H,4-5,9-10,17-20H2,1-3H3,(H,33,38)(H,34,39)/t21?,25-,26+,27+,28?,32?/m1/s1. The average Bonchev–Trinajstić information content (AvgIpc) is 3.57. The summed E-state index contributed by atoms with van der Waals surface area (Å²) in [6.07, 6.45) is 1.94. The minimum absolute atomic E-state index is 0.00188. The summed E-state index contributed by atoms with van der Waals surface area (Å²) in [6, 6.07) is 16.9. The number of likely N-dealkylation sites (tertiary alicyclic amines) is 1. The van der Waals surface area contributed by atoms with E-state index in [1.807, 2.05) is 54.6 Å². The smallest absolute Gasteiger partial charge is 0.248 e. The first-order chi connectivity index (χ1) is 19.8. The lowest BCUT2D eigenvalue weighted by Gasteiger charge is -2.38. The molecular weight excluding hydrogens is 536 g/mol. The van der Waals surface area contributed by atoms with Crippen molar-refractivity contribution in [2.75, 3.05) is 36.5 Å². The van der Waals surface area contributed by atoms with Crippen LogP contribution in [-0.2, 0) is 20.9 Å². The Morgan fingerprint density at radius 3 is 2.41 bits per heavy atom. The van der Waals surface area contributed by atoms with Gasteiger partial charge in [-0.05, 0) is 68.9 Å². The number of aliphatic hydroxyl groups is 1. The molecule has 0 aromatic heterocycles. The summed E-state index contributed by atoms with van der Waals surface area (Å²) >= 11 is 1.68. The summed E-state index contributed by atoms with van der Waals surface area (Å²) in [5.74, 6) is -1.34. The Morgan fingerprint density at radius 2 is 1.76 bits per heavy atom. The van der Waals surface area contributed by atoms with Crippen LogP contribution >= 0.6 is 11.8 Å². The van der Waals surface area contributed by atoms with Gasteiger partial charge in [-0.15, -0.1) is 11.8 Å². The van der Waals surface area contributed by atoms with Crippen molar-refractivity contribution < 1.29 is 19.5 Å². The van der Waals surface area contributed by atoms with E-state index in [-0.39, 0.29) is 35.5 Å². The number of nitrogens with zero attached hydrogens (tertiary/aromatic N) is 2. The van der Waals surface area contributed by atoms with Gasteiger partial charge in [-0.3, -0.25) is 14.4 Å². The predicted molar refractivity (Wildman–Crippen MR) is 164 cm³/mol. The van der Waals surface area contributed by atoms with E-state index in [4.69, 9.17) is 0 Å². The molecule has 6 atom stereocenters. The Morgan fingerprint density at radius 1 is 1.05 bits per heavy atom. The van der Waals surface area contributed by atoms with Gasteiger partial charge in [0.25, 0.3) is 0 Å². The van der Waals surface area contributed by atoms with E-state index in [2.05, 4.69) is 36.3 Å². The summed E-state index contributed by atoms with van der Waals surface area (Å²) in [5, 5.41) is 15.6. The number of hydrogen-bond acceptors (Lipinski definition) is 6. The molecule has 2 bridgehead atoms. The van der Waals surface area contributed by atoms with Gasteiger partial charge in [0.05, 0.1) is 16.6 Å². The van der Waals surface area contributed by atoms with Crippen molar-refractivity contribution in [3.8, 4) is 0 Å². The third-order valence-electron chi connectivity index (χ3n) is 9.18. The molecule has 3 fully saturated rings. The van der Waals surface area contributed by atoms with E-state index >= 15 is 0 Å². The number of anilines is 2. The molecule has 3 amide bonds. The van der Waals surface area contributed by atoms with Gasteiger partial charge in [0, 0.05) is 49.4 Å². The molecule has 41 heavy (non-hydrogen) atoms. The Balaban J connectivity index is 1.41. The van der Waals surface area contributed by atoms with Crippen molar-refractivity contribution in [1.29, 1.82) is 0 Å². The molecule has 3 saturated heterocycles. The summed E-state index contributed by atoms with van der Waals surface area (Å²) in [4.78, 5) is 45.8. The van der Waals surface area contributed by atoms with E-state index < -0.39 is 22.6 Å². The van der Waals surface area contributed by atoms with Gasteiger partial charge >= 0.3 is 0 Å². The fourth-order valence-electron chi connectivity index (χ4n) is 7.21. The monoisotopic (exact) mass is 578 g/mol. The lowest BCUT2D eigenvalue weighted by molar-refractivity contribution is -0.139. The van der Waals surface area contributed by atoms with Crippen LogP contribution in [0.3, 0.4) is 0 Å². The van der Waals surface area contributed by atoms with E-state index in [0.717, 1.165) is 30.8 Å². The highest BCUT2D eigenvalue weighted by molar-refractivity contribution is 8.02. The van der Waals surface area contributed by atoms with E-state index in [1.54, 1.807) is 16.7 Å². The fourth-order valence-corrected chi connectivity index (χ4v) is 9.63. The number of amides is 3. The zero-order valence-corrected chi connectivity index (χ0v) is 25.0. The lowest BCUT2D eigenvalue weighted by Crippen LogP contribution is -2.55. The van der Waals surface area contributed by atoms with Crippen molar-refractivity contribution in [2.45, 2.75) is 62.6 Å². The topological polar surface area (TPSA) is 102 Å². The third kappa shape index (κ3) is 5.34. The molecule has 2 aromatic rings. The molecule has 0 radical (unpaired) electrons. The first-order valence-corrected chi connectivity index (χ1v) is 15.8. The Kier molecular flexibility index (Phi) is 8.94. The first kappa shape index (κ1) is 29.5. The number of benzene rings is 2. The molecule has 3 heterocycles. The zero-order valence-electron chi connectivity index (χ0n) is 24.2. The Hall–Kier alpha value is -3.04. The fraction of sp³-hybridized carbons (Fsp3) is 0.531. The predicted octanol–water partition coefficient (Wildman–Crippen LogP) is 3.90. The largest absolute Gasteiger partial charge is 0.396 e. The Labute approximate surface area is 247 Å². The number of aliphatic hydroxyl groups excluding tert-OH is 1. The molecular formula is C32H42N4O4S. The molecule has 3 aliphatic rings. The number of carbonyl (C=O) groups is 3. The zero-order chi connectivity index (χ0) is 29.1. The van der Waals surface area contributed by atoms with E-state index in [0.29, 0.717) is 31.6 Å². The SMILES string of the molecule is CCN(CC)c1ccc(NC(=O)C2N(CCCCO)C(=O)[C@@H]3[C@@H](C(=O)NCc4ccccc4)[C@H]4CC(C)C23S4)cc1. The maximum atomic E-state index is 14.1. The van der Waals surface area contributed by atoms with Crippen LogP contribution in [0, 0.1) is 17.8 Å². The van der Waals surface area contributed by atoms with Gasteiger partial charge in [-0.1, -0.05) is 37.3 Å². The molecule has 5 rings (SSSR count). The van der Waals surface area contributed by atoms with Crippen LogP contribution in [0.2, 0.25) is 0 Å². The van der Waals surface area contributed by atoms with Crippen LogP contribution in [0.1, 0.15) is 45.6 Å². The van der Waals surface area contributed by atoms with Gasteiger partial charge in [0.1, 0.15) is 6.04 Å². The van der Waals surface area contributed by atoms with Crippen LogP contribution in [-0.4, -0.2) is 70.0 Å². The molecule has 0 saturated carbocycles. The number of nitrogens with one attached hydrogen (secondary N) is 2. The molecule has 220 valence electrons. The minimum Gasteiger partial charge on any atom is -0.396 e. The molecule has 0 aliphatic carbocycles. The highest BCUT2D eigenvalue weighted by atomic mass is 32.2. The maximum Gasteiger partial charge on any atom is 0.248 e. The maximum absolute atomic E-state index is 14.1. The van der Waals surface area contributed by atoms with Crippen molar-refractivity contribution in [2.24, 2.45) is 17.8 Å². The second kappa shape index (κ2) is 12.4. The number of fused-ring (bicyclic) bond motifs is 1. The number of unbranched alkanes of at least 4 members (excludes halogenated alkanes) is 1. The second-order valence-electron chi connectivity index (χ2n) is 11.4. The molecule has 3 aliphatic heterocycles. The van der Waals surface area contributed by atoms with Crippen LogP contribution in [0.25, 0.3) is 0 Å². The molecule has 8 nitrogen and oxygen atoms in total. The van der Waals surface area contributed by atoms with Crippen molar-refractivity contribution >= 4 is 40.9 Å². The second-order valence-corrected chi connectivity index (χ2v) is 13.0. The van der Waals surface area contributed by atoms with Gasteiger partial charge in [-0.25, -0.2) is 0 Å². The number of hydrogen-bond donors (Lipinski definition) is 3. The quantitative estimate of drug-likeness (QED) is 0.330. The number of rotatable bonds is 12. The lowest BCUT2D eigenvalue weighted by atomic mass is 9.66. The molecule has 3 unspecified atom stereocenters. The van der Waals surface area contributed by atoms with Crippen molar-refractivity contribution in [3.05, 3.63) is 60.2 Å². The van der Waals surface area contributed by atoms with Crippen molar-refractivity contribution in [1.82, 2.24) is 10.2 Å². The third-order valence-corrected chi connectivity index (χ3v) is 11.3. The normalized spacial score (nSPS) is 28.0. The highest BCUT2D eigenvalue weighted by Crippen LogP contribution is 2.68. The summed E-state index contributed by atoms with van der Waals surface area (Å²) < 4.78 is -0.666. The number of thioether (sulfide) groups is 1. The van der Waals surface area contributed by atoms with Crippen LogP contribution in [0.15, 0.2) is 54.6 Å². The number of carbonyl (C=O) groups excluding carboxylic acids is 3. The van der Waals surface area contributed by atoms with Crippen molar-refractivity contribution in [3.63, 3.8) is 0 Å². The molecule has 3 N–H and O–H groups in total. The summed E-state index contributed by atoms with van der Waals surface area (Å²) in [7, 11) is 0. The van der Waals surface area contributed by atoms with Crippen LogP contribution in [0.5, 0.6) is 0 Å². The Bertz CT molecular complexity index is 1240.